The van der Waals surface area contributed by atoms with Crippen molar-refractivity contribution in [3.05, 3.63) is 27.0 Å². The molecule has 5 N–H and O–H groups in total. The number of nitrogens with two attached hydrogens (primary N) is 1. The van der Waals surface area contributed by atoms with Gasteiger partial charge in [0.25, 0.3) is 5.56 Å². The van der Waals surface area contributed by atoms with Gasteiger partial charge in [-0.2, -0.15) is 9.78 Å². The number of halogens is 1. The van der Waals surface area contributed by atoms with E-state index in [1.807, 2.05) is 10.4 Å². The highest BCUT2D eigenvalue weighted by Gasteiger charge is 2.55. The molecule has 0 amide bonds. The third-order valence-electron chi connectivity index (χ3n) is 2.81. The van der Waals surface area contributed by atoms with E-state index in [2.05, 4.69) is 11.0 Å². The van der Waals surface area contributed by atoms with Crippen molar-refractivity contribution in [2.75, 3.05) is 6.56 Å². The van der Waals surface area contributed by atoms with Crippen molar-refractivity contribution in [1.82, 2.24) is 14.8 Å². The molecule has 1 aromatic heterocycles. The first-order valence-corrected chi connectivity index (χ1v) is 5.65. The van der Waals surface area contributed by atoms with Gasteiger partial charge < -0.3 is 20.7 Å². The van der Waals surface area contributed by atoms with Crippen LogP contribution in [0.2, 0.25) is 0 Å². The molecule has 1 aromatic rings. The Labute approximate surface area is 119 Å². The summed E-state index contributed by atoms with van der Waals surface area (Å²) >= 11 is 5.29. The van der Waals surface area contributed by atoms with Crippen LogP contribution in [0.5, 0.6) is 0 Å². The van der Waals surface area contributed by atoms with Gasteiger partial charge in [-0.3, -0.25) is 9.78 Å². The minimum Gasteiger partial charge on any atom is -0.394 e. The lowest BCUT2D eigenvalue weighted by Crippen LogP contribution is -2.55. The Balaban J connectivity index is 2.59. The van der Waals surface area contributed by atoms with Crippen LogP contribution in [0.1, 0.15) is 8.97 Å². The Bertz CT molecular complexity index is 750. The van der Waals surface area contributed by atoms with Crippen LogP contribution in [0.15, 0.2) is 15.8 Å². The minimum absolute atomic E-state index is 0.567. The van der Waals surface area contributed by atoms with E-state index in [-0.39, 0.29) is 0 Å². The predicted molar refractivity (Wildman–Crippen MR) is 66.7 cm³/mol. The minimum atomic E-state index is -2.97. The molecule has 0 aliphatic carbocycles. The van der Waals surface area contributed by atoms with E-state index in [1.54, 1.807) is 0 Å². The van der Waals surface area contributed by atoms with Gasteiger partial charge in [0.15, 0.2) is 11.8 Å². The summed E-state index contributed by atoms with van der Waals surface area (Å²) in [7, 11) is 0. The largest absolute Gasteiger partial charge is 0.394 e. The maximum Gasteiger partial charge on any atom is 0.347 e. The van der Waals surface area contributed by atoms with Crippen molar-refractivity contribution >= 4 is 11.6 Å². The van der Waals surface area contributed by atoms with Crippen LogP contribution in [0.4, 0.5) is 0 Å². The van der Waals surface area contributed by atoms with Crippen molar-refractivity contribution in [3.63, 3.8) is 0 Å². The number of aliphatic hydroxyl groups is 2. The zero-order chi connectivity index (χ0) is 16.7. The summed E-state index contributed by atoms with van der Waals surface area (Å²) in [5.74, 6) is 2.21. The highest BCUT2D eigenvalue weighted by molar-refractivity contribution is 6.30. The highest BCUT2D eigenvalue weighted by atomic mass is 35.5. The number of hydrogen-bond donors (Lipinski definition) is 4. The molecule has 0 saturated carbocycles. The molecule has 1 unspecified atom stereocenters. The third kappa shape index (κ3) is 2.24. The van der Waals surface area contributed by atoms with Crippen LogP contribution >= 0.6 is 11.6 Å². The van der Waals surface area contributed by atoms with Crippen LogP contribution in [0, 0.1) is 11.3 Å². The SMILES string of the molecule is [2H]C([2H])(O)[C@H]1O[C@@H](n2ncc(=O)[nH]c2=O)[C@@](N)(C#CCl)C1O. The van der Waals surface area contributed by atoms with E-state index in [0.29, 0.717) is 4.68 Å². The molecule has 2 heterocycles. The molecule has 0 aromatic carbocycles. The number of nitrogens with zero attached hydrogens (tertiary/aromatic N) is 2. The average Bonchev–Trinajstić information content (AvgIpc) is 2.63. The average molecular weight is 305 g/mol. The second-order valence-corrected chi connectivity index (χ2v) is 4.21. The van der Waals surface area contributed by atoms with Crippen molar-refractivity contribution in [2.24, 2.45) is 5.73 Å². The van der Waals surface area contributed by atoms with Gasteiger partial charge in [-0.25, -0.2) is 4.79 Å². The normalized spacial score (nSPS) is 34.9. The number of nitrogens with one attached hydrogen (secondary N) is 1. The number of aliphatic hydroxyl groups excluding tert-OH is 1. The number of aromatic amines is 1. The zero-order valence-corrected chi connectivity index (χ0v) is 10.5. The summed E-state index contributed by atoms with van der Waals surface area (Å²) in [6.45, 7) is -2.97. The third-order valence-corrected chi connectivity index (χ3v) is 2.91. The first kappa shape index (κ1) is 12.1. The van der Waals surface area contributed by atoms with Gasteiger partial charge >= 0.3 is 5.69 Å². The van der Waals surface area contributed by atoms with E-state index >= 15 is 0 Å². The number of H-pyrrole nitrogens is 1. The van der Waals surface area contributed by atoms with Gasteiger partial charge in [0.2, 0.25) is 0 Å². The second kappa shape index (κ2) is 5.35. The van der Waals surface area contributed by atoms with E-state index in [9.17, 15) is 19.8 Å². The molecule has 1 fully saturated rings. The number of aromatic nitrogens is 3. The van der Waals surface area contributed by atoms with Crippen LogP contribution in [0.3, 0.4) is 0 Å². The van der Waals surface area contributed by atoms with Crippen molar-refractivity contribution in [2.45, 2.75) is 24.0 Å². The van der Waals surface area contributed by atoms with Crippen molar-refractivity contribution in [3.8, 4) is 11.3 Å². The quantitative estimate of drug-likeness (QED) is 0.428. The van der Waals surface area contributed by atoms with Gasteiger partial charge in [0, 0.05) is 5.38 Å². The van der Waals surface area contributed by atoms with E-state index in [4.69, 9.17) is 24.8 Å². The Kier molecular flexibility index (Phi) is 3.23. The lowest BCUT2D eigenvalue weighted by Gasteiger charge is -2.26. The molecule has 10 heteroatoms. The van der Waals surface area contributed by atoms with Crippen LogP contribution < -0.4 is 17.0 Å². The van der Waals surface area contributed by atoms with Crippen LogP contribution in [-0.4, -0.2) is 49.3 Å². The highest BCUT2D eigenvalue weighted by Crippen LogP contribution is 2.34. The van der Waals surface area contributed by atoms with Gasteiger partial charge in [0.1, 0.15) is 18.4 Å². The fourth-order valence-corrected chi connectivity index (χ4v) is 1.99. The van der Waals surface area contributed by atoms with Crippen molar-refractivity contribution in [1.29, 1.82) is 0 Å². The smallest absolute Gasteiger partial charge is 0.347 e. The van der Waals surface area contributed by atoms with Crippen LogP contribution in [0.25, 0.3) is 0 Å². The van der Waals surface area contributed by atoms with E-state index < -0.39 is 41.8 Å². The molecule has 0 bridgehead atoms. The van der Waals surface area contributed by atoms with Gasteiger partial charge in [-0.05, 0) is 11.6 Å². The lowest BCUT2D eigenvalue weighted by molar-refractivity contribution is -0.0530. The molecule has 2 rings (SSSR count). The summed E-state index contributed by atoms with van der Waals surface area (Å²) in [4.78, 5) is 24.7. The Morgan fingerprint density at radius 1 is 1.75 bits per heavy atom. The summed E-state index contributed by atoms with van der Waals surface area (Å²) < 4.78 is 20.2. The summed E-state index contributed by atoms with van der Waals surface area (Å²) in [5, 5.41) is 25.0. The molecule has 0 radical (unpaired) electrons. The number of hydrogen-bond acceptors (Lipinski definition) is 7. The molecular formula is C10H11ClN4O5. The van der Waals surface area contributed by atoms with E-state index in [1.165, 1.54) is 0 Å². The maximum absolute atomic E-state index is 11.8. The maximum atomic E-state index is 11.8. The number of rotatable bonds is 2. The number of ether oxygens (including phenoxy) is 1. The molecule has 4 atom stereocenters. The fraction of sp³-hybridized carbons (Fsp3) is 0.500. The molecule has 0 spiro atoms. The second-order valence-electron chi connectivity index (χ2n) is 4.02. The summed E-state index contributed by atoms with van der Waals surface area (Å²) in [6, 6.07) is 0. The predicted octanol–water partition coefficient (Wildman–Crippen LogP) is -2.92. The van der Waals surface area contributed by atoms with Gasteiger partial charge in [-0.15, -0.1) is 0 Å². The van der Waals surface area contributed by atoms with Crippen molar-refractivity contribution < 1.29 is 17.7 Å². The van der Waals surface area contributed by atoms with Gasteiger partial charge in [0.05, 0.1) is 9.30 Å². The first-order chi connectivity index (χ1) is 10.1. The zero-order valence-electron chi connectivity index (χ0n) is 11.8. The molecule has 9 nitrogen and oxygen atoms in total. The first-order valence-electron chi connectivity index (χ1n) is 6.27. The van der Waals surface area contributed by atoms with Crippen LogP contribution in [-0.2, 0) is 4.74 Å². The molecule has 108 valence electrons. The summed E-state index contributed by atoms with van der Waals surface area (Å²) in [5.41, 5.74) is 2.04. The lowest BCUT2D eigenvalue weighted by atomic mass is 9.92. The fourth-order valence-electron chi connectivity index (χ4n) is 1.83. The monoisotopic (exact) mass is 304 g/mol. The standard InChI is InChI=1S/C10H11ClN4O5/c11-2-1-10(12)7(18)5(4-16)20-8(10)15-9(19)14-6(17)3-13-15/h3,5,7-8,16,18H,4,12H2,(H,14,17,19)/t5-,7?,8-,10-/m1/s1/i4D2. The molecular weight excluding hydrogens is 292 g/mol. The summed E-state index contributed by atoms with van der Waals surface area (Å²) in [6.07, 6.45) is -4.48. The topological polar surface area (TPSA) is 143 Å². The Morgan fingerprint density at radius 2 is 2.45 bits per heavy atom. The molecule has 1 aliphatic rings. The molecule has 1 saturated heterocycles. The van der Waals surface area contributed by atoms with Gasteiger partial charge in [-0.1, -0.05) is 5.92 Å². The van der Waals surface area contributed by atoms with E-state index in [0.717, 1.165) is 6.20 Å². The molecule has 1 aliphatic heterocycles. The Hall–Kier alpha value is -1.70. The Morgan fingerprint density at radius 3 is 3.00 bits per heavy atom. The molecule has 20 heavy (non-hydrogen) atoms.